The van der Waals surface area contributed by atoms with Crippen LogP contribution in [0, 0.1) is 5.92 Å². The summed E-state index contributed by atoms with van der Waals surface area (Å²) < 4.78 is 24.7. The third-order valence-corrected chi connectivity index (χ3v) is 5.17. The summed E-state index contributed by atoms with van der Waals surface area (Å²) in [5, 5.41) is 15.0. The number of halogens is 2. The summed E-state index contributed by atoms with van der Waals surface area (Å²) in [5.41, 5.74) is 0. The minimum atomic E-state index is -2.32. The molecule has 4 nitrogen and oxygen atoms in total. The molecule has 0 bridgehead atoms. The molecule has 1 aliphatic heterocycles. The molecule has 2 atom stereocenters. The molecule has 0 saturated carbocycles. The first-order valence-corrected chi connectivity index (χ1v) is 8.86. The molecule has 1 aromatic rings. The van der Waals surface area contributed by atoms with Crippen molar-refractivity contribution in [1.82, 2.24) is 10.2 Å². The maximum absolute atomic E-state index is 12.3. The van der Waals surface area contributed by atoms with E-state index in [1.54, 1.807) is 4.90 Å². The van der Waals surface area contributed by atoms with Gasteiger partial charge in [0.25, 0.3) is 6.43 Å². The Morgan fingerprint density at radius 2 is 2.17 bits per heavy atom. The predicted molar refractivity (Wildman–Crippen MR) is 86.7 cm³/mol. The van der Waals surface area contributed by atoms with E-state index >= 15 is 0 Å². The molecule has 2 N–H and O–H groups in total. The standard InChI is InChI=1S/C16H24F2N2O2S/c1-11(9-13(21)14-3-2-8-23-14)19-16(22)12-4-6-20(7-5-12)10-15(17)18/h2-3,8,11-13,15,21H,4-7,9-10H2,1H3,(H,19,22)/t11-,13-/m0/s1. The number of carbonyl (C=O) groups excluding carboxylic acids is 1. The molecule has 1 fully saturated rings. The van der Waals surface area contributed by atoms with Gasteiger partial charge in [-0.1, -0.05) is 6.07 Å². The van der Waals surface area contributed by atoms with E-state index < -0.39 is 12.5 Å². The van der Waals surface area contributed by atoms with Crippen molar-refractivity contribution >= 4 is 17.2 Å². The summed E-state index contributed by atoms with van der Waals surface area (Å²) in [4.78, 5) is 14.9. The van der Waals surface area contributed by atoms with Crippen LogP contribution >= 0.6 is 11.3 Å². The number of rotatable bonds is 7. The summed E-state index contributed by atoms with van der Waals surface area (Å²) in [6.45, 7) is 2.74. The van der Waals surface area contributed by atoms with E-state index in [4.69, 9.17) is 0 Å². The summed E-state index contributed by atoms with van der Waals surface area (Å²) >= 11 is 1.50. The van der Waals surface area contributed by atoms with Crippen molar-refractivity contribution in [2.75, 3.05) is 19.6 Å². The lowest BCUT2D eigenvalue weighted by Crippen LogP contribution is -2.44. The SMILES string of the molecule is C[C@@H](C[C@H](O)c1cccs1)NC(=O)C1CCN(CC(F)F)CC1. The number of amides is 1. The molecule has 23 heavy (non-hydrogen) atoms. The van der Waals surface area contributed by atoms with Gasteiger partial charge in [-0.2, -0.15) is 0 Å². The number of alkyl halides is 2. The van der Waals surface area contributed by atoms with Crippen molar-refractivity contribution in [2.45, 2.75) is 44.8 Å². The molecule has 2 rings (SSSR count). The molecule has 0 radical (unpaired) electrons. The van der Waals surface area contributed by atoms with Gasteiger partial charge in [0, 0.05) is 16.8 Å². The largest absolute Gasteiger partial charge is 0.387 e. The predicted octanol–water partition coefficient (Wildman–Crippen LogP) is 2.65. The van der Waals surface area contributed by atoms with E-state index in [2.05, 4.69) is 5.32 Å². The number of hydrogen-bond acceptors (Lipinski definition) is 4. The summed E-state index contributed by atoms with van der Waals surface area (Å²) in [6.07, 6.45) is -1.20. The Kier molecular flexibility index (Phi) is 6.92. The van der Waals surface area contributed by atoms with Crippen LogP contribution in [-0.4, -0.2) is 48.0 Å². The minimum absolute atomic E-state index is 0.0347. The van der Waals surface area contributed by atoms with Crippen molar-refractivity contribution in [1.29, 1.82) is 0 Å². The number of aliphatic hydroxyl groups is 1. The lowest BCUT2D eigenvalue weighted by Gasteiger charge is -2.31. The van der Waals surface area contributed by atoms with Crippen LogP contribution in [0.15, 0.2) is 17.5 Å². The monoisotopic (exact) mass is 346 g/mol. The molecule has 2 heterocycles. The second-order valence-corrected chi connectivity index (χ2v) is 7.12. The Hall–Kier alpha value is -1.05. The highest BCUT2D eigenvalue weighted by Gasteiger charge is 2.27. The first kappa shape index (κ1) is 18.3. The second-order valence-electron chi connectivity index (χ2n) is 6.14. The molecule has 0 spiro atoms. The third-order valence-electron chi connectivity index (χ3n) is 4.19. The average molecular weight is 346 g/mol. The Bertz CT molecular complexity index is 476. The third kappa shape index (κ3) is 5.82. The number of piperidine rings is 1. The molecular weight excluding hydrogens is 322 g/mol. The molecule has 1 aromatic heterocycles. The normalized spacial score (nSPS) is 19.7. The van der Waals surface area contributed by atoms with E-state index in [-0.39, 0.29) is 24.4 Å². The van der Waals surface area contributed by atoms with Crippen LogP contribution in [0.3, 0.4) is 0 Å². The van der Waals surface area contributed by atoms with Gasteiger partial charge in [0.2, 0.25) is 5.91 Å². The molecule has 1 amide bonds. The van der Waals surface area contributed by atoms with Gasteiger partial charge < -0.3 is 10.4 Å². The summed E-state index contributed by atoms with van der Waals surface area (Å²) in [7, 11) is 0. The van der Waals surface area contributed by atoms with Crippen LogP contribution in [0.25, 0.3) is 0 Å². The van der Waals surface area contributed by atoms with Crippen molar-refractivity contribution in [3.05, 3.63) is 22.4 Å². The van der Waals surface area contributed by atoms with Gasteiger partial charge in [-0.15, -0.1) is 11.3 Å². The summed E-state index contributed by atoms with van der Waals surface area (Å²) in [6, 6.07) is 3.64. The van der Waals surface area contributed by atoms with E-state index in [1.165, 1.54) is 11.3 Å². The fourth-order valence-corrected chi connectivity index (χ4v) is 3.65. The second kappa shape index (κ2) is 8.70. The smallest absolute Gasteiger partial charge is 0.251 e. The summed E-state index contributed by atoms with van der Waals surface area (Å²) in [5.74, 6) is -0.155. The number of nitrogens with one attached hydrogen (secondary N) is 1. The topological polar surface area (TPSA) is 52.6 Å². The average Bonchev–Trinajstić information content (AvgIpc) is 3.01. The van der Waals surface area contributed by atoms with Gasteiger partial charge in [-0.25, -0.2) is 8.78 Å². The molecule has 1 aliphatic rings. The lowest BCUT2D eigenvalue weighted by molar-refractivity contribution is -0.127. The molecular formula is C16H24F2N2O2S. The van der Waals surface area contributed by atoms with Gasteiger partial charge in [-0.05, 0) is 50.7 Å². The van der Waals surface area contributed by atoms with E-state index in [9.17, 15) is 18.7 Å². The first-order valence-electron chi connectivity index (χ1n) is 7.98. The van der Waals surface area contributed by atoms with Crippen LogP contribution in [0.2, 0.25) is 0 Å². The van der Waals surface area contributed by atoms with E-state index in [0.717, 1.165) is 4.88 Å². The number of likely N-dealkylation sites (tertiary alicyclic amines) is 1. The highest BCUT2D eigenvalue weighted by atomic mass is 32.1. The number of aliphatic hydroxyl groups excluding tert-OH is 1. The van der Waals surface area contributed by atoms with Crippen LogP contribution in [0.5, 0.6) is 0 Å². The maximum atomic E-state index is 12.3. The van der Waals surface area contributed by atoms with Crippen molar-refractivity contribution in [3.8, 4) is 0 Å². The first-order chi connectivity index (χ1) is 11.0. The quantitative estimate of drug-likeness (QED) is 0.798. The zero-order valence-corrected chi connectivity index (χ0v) is 14.1. The van der Waals surface area contributed by atoms with Gasteiger partial charge >= 0.3 is 0 Å². The van der Waals surface area contributed by atoms with Gasteiger partial charge in [0.15, 0.2) is 0 Å². The Morgan fingerprint density at radius 3 is 2.74 bits per heavy atom. The lowest BCUT2D eigenvalue weighted by atomic mass is 9.95. The Morgan fingerprint density at radius 1 is 1.48 bits per heavy atom. The minimum Gasteiger partial charge on any atom is -0.387 e. The molecule has 130 valence electrons. The molecule has 1 saturated heterocycles. The van der Waals surface area contributed by atoms with Crippen molar-refractivity contribution in [2.24, 2.45) is 5.92 Å². The zero-order chi connectivity index (χ0) is 16.8. The molecule has 0 aliphatic carbocycles. The van der Waals surface area contributed by atoms with Crippen LogP contribution in [0.4, 0.5) is 8.78 Å². The highest BCUT2D eigenvalue weighted by Crippen LogP contribution is 2.23. The molecule has 0 aromatic carbocycles. The Balaban J connectivity index is 1.72. The number of carbonyl (C=O) groups is 1. The fourth-order valence-electron chi connectivity index (χ4n) is 2.92. The van der Waals surface area contributed by atoms with E-state index in [1.807, 2.05) is 24.4 Å². The van der Waals surface area contributed by atoms with Crippen LogP contribution in [-0.2, 0) is 4.79 Å². The maximum Gasteiger partial charge on any atom is 0.251 e. The van der Waals surface area contributed by atoms with Crippen molar-refractivity contribution in [3.63, 3.8) is 0 Å². The van der Waals surface area contributed by atoms with E-state index in [0.29, 0.717) is 32.4 Å². The Labute approximate surface area is 139 Å². The van der Waals surface area contributed by atoms with Gasteiger partial charge in [0.05, 0.1) is 12.6 Å². The van der Waals surface area contributed by atoms with Crippen molar-refractivity contribution < 1.29 is 18.7 Å². The number of thiophene rings is 1. The fraction of sp³-hybridized carbons (Fsp3) is 0.688. The highest BCUT2D eigenvalue weighted by molar-refractivity contribution is 7.10. The van der Waals surface area contributed by atoms with Crippen LogP contribution < -0.4 is 5.32 Å². The number of nitrogens with zero attached hydrogens (tertiary/aromatic N) is 1. The van der Waals surface area contributed by atoms with Crippen LogP contribution in [0.1, 0.15) is 37.2 Å². The number of hydrogen-bond donors (Lipinski definition) is 2. The molecule has 0 unspecified atom stereocenters. The van der Waals surface area contributed by atoms with Gasteiger partial charge in [0.1, 0.15) is 0 Å². The van der Waals surface area contributed by atoms with Gasteiger partial charge in [-0.3, -0.25) is 9.69 Å². The molecule has 7 heteroatoms. The zero-order valence-electron chi connectivity index (χ0n) is 13.3.